The molecule has 6 heteroatoms. The average molecular weight is 292 g/mol. The van der Waals surface area contributed by atoms with Crippen LogP contribution in [0, 0.1) is 0 Å². The van der Waals surface area contributed by atoms with Crippen LogP contribution in [0.1, 0.15) is 30.6 Å². The zero-order valence-corrected chi connectivity index (χ0v) is 12.2. The summed E-state index contributed by atoms with van der Waals surface area (Å²) in [7, 11) is 0. The van der Waals surface area contributed by atoms with Gasteiger partial charge in [-0.2, -0.15) is 0 Å². The van der Waals surface area contributed by atoms with Crippen molar-refractivity contribution in [3.8, 4) is 5.75 Å². The number of aldehydes is 1. The van der Waals surface area contributed by atoms with Crippen molar-refractivity contribution in [1.82, 2.24) is 10.6 Å². The van der Waals surface area contributed by atoms with E-state index in [0.29, 0.717) is 24.1 Å². The van der Waals surface area contributed by atoms with Gasteiger partial charge in [0.2, 0.25) is 5.91 Å². The molecular weight excluding hydrogens is 272 g/mol. The van der Waals surface area contributed by atoms with E-state index in [1.54, 1.807) is 31.2 Å². The maximum absolute atomic E-state index is 11.7. The third kappa shape index (κ3) is 5.64. The average Bonchev–Trinajstić information content (AvgIpc) is 2.50. The van der Waals surface area contributed by atoms with Crippen LogP contribution in [0.25, 0.3) is 0 Å². The Balaban J connectivity index is 2.43. The second kappa shape index (κ2) is 8.73. The van der Waals surface area contributed by atoms with Crippen molar-refractivity contribution in [3.05, 3.63) is 29.8 Å². The Bertz CT molecular complexity index is 502. The van der Waals surface area contributed by atoms with Crippen LogP contribution in [0.5, 0.6) is 5.75 Å². The van der Waals surface area contributed by atoms with Gasteiger partial charge in [-0.25, -0.2) is 0 Å². The first-order valence-electron chi connectivity index (χ1n) is 6.82. The topological polar surface area (TPSA) is 84.5 Å². The molecule has 1 rings (SSSR count). The smallest absolute Gasteiger partial charge is 0.258 e. The molecule has 1 atom stereocenters. The summed E-state index contributed by atoms with van der Waals surface area (Å²) >= 11 is 0. The Kier molecular flexibility index (Phi) is 6.94. The van der Waals surface area contributed by atoms with E-state index in [4.69, 9.17) is 4.74 Å². The molecule has 0 heterocycles. The van der Waals surface area contributed by atoms with E-state index >= 15 is 0 Å². The van der Waals surface area contributed by atoms with Crippen molar-refractivity contribution in [2.45, 2.75) is 26.3 Å². The highest BCUT2D eigenvalue weighted by Gasteiger charge is 2.15. The lowest BCUT2D eigenvalue weighted by atomic mass is 10.2. The van der Waals surface area contributed by atoms with E-state index in [0.717, 1.165) is 6.42 Å². The first kappa shape index (κ1) is 16.7. The molecule has 1 aromatic carbocycles. The van der Waals surface area contributed by atoms with Crippen LogP contribution in [0.3, 0.4) is 0 Å². The number of hydrogen-bond donors (Lipinski definition) is 2. The van der Waals surface area contributed by atoms with Gasteiger partial charge in [-0.3, -0.25) is 14.4 Å². The summed E-state index contributed by atoms with van der Waals surface area (Å²) in [6.07, 6.45) is 1.49. The SMILES string of the molecule is CCCNC(=O)[C@@H](C)NC(=O)COc1ccccc1C=O. The molecule has 21 heavy (non-hydrogen) atoms. The Labute approximate surface area is 123 Å². The van der Waals surface area contributed by atoms with Crippen LogP contribution in [0.15, 0.2) is 24.3 Å². The first-order valence-corrected chi connectivity index (χ1v) is 6.82. The van der Waals surface area contributed by atoms with Gasteiger partial charge in [0.05, 0.1) is 5.56 Å². The number of hydrogen-bond acceptors (Lipinski definition) is 4. The van der Waals surface area contributed by atoms with Crippen LogP contribution in [0.2, 0.25) is 0 Å². The van der Waals surface area contributed by atoms with Crippen LogP contribution >= 0.6 is 0 Å². The number of carbonyl (C=O) groups is 3. The number of para-hydroxylation sites is 1. The van der Waals surface area contributed by atoms with Gasteiger partial charge in [-0.1, -0.05) is 19.1 Å². The molecule has 6 nitrogen and oxygen atoms in total. The number of rotatable bonds is 8. The maximum Gasteiger partial charge on any atom is 0.258 e. The summed E-state index contributed by atoms with van der Waals surface area (Å²) in [5.41, 5.74) is 0.374. The maximum atomic E-state index is 11.7. The lowest BCUT2D eigenvalue weighted by Gasteiger charge is -2.14. The minimum Gasteiger partial charge on any atom is -0.483 e. The van der Waals surface area contributed by atoms with E-state index < -0.39 is 11.9 Å². The fourth-order valence-corrected chi connectivity index (χ4v) is 1.60. The zero-order chi connectivity index (χ0) is 15.7. The molecule has 0 aliphatic rings. The predicted octanol–water partition coefficient (Wildman–Crippen LogP) is 0.909. The summed E-state index contributed by atoms with van der Waals surface area (Å²) in [4.78, 5) is 34.1. The molecule has 0 aliphatic heterocycles. The van der Waals surface area contributed by atoms with Gasteiger partial charge in [-0.15, -0.1) is 0 Å². The van der Waals surface area contributed by atoms with Gasteiger partial charge in [0.1, 0.15) is 11.8 Å². The van der Waals surface area contributed by atoms with Crippen molar-refractivity contribution in [1.29, 1.82) is 0 Å². The third-order valence-electron chi connectivity index (χ3n) is 2.72. The Hall–Kier alpha value is -2.37. The van der Waals surface area contributed by atoms with Crippen molar-refractivity contribution in [2.75, 3.05) is 13.2 Å². The Morgan fingerprint density at radius 3 is 2.71 bits per heavy atom. The normalized spacial score (nSPS) is 11.3. The third-order valence-corrected chi connectivity index (χ3v) is 2.72. The molecule has 0 unspecified atom stereocenters. The van der Waals surface area contributed by atoms with E-state index in [9.17, 15) is 14.4 Å². The molecule has 0 saturated carbocycles. The zero-order valence-electron chi connectivity index (χ0n) is 12.2. The molecule has 0 radical (unpaired) electrons. The molecule has 114 valence electrons. The summed E-state index contributed by atoms with van der Waals surface area (Å²) < 4.78 is 5.28. The summed E-state index contributed by atoms with van der Waals surface area (Å²) in [5, 5.41) is 5.22. The van der Waals surface area contributed by atoms with E-state index in [2.05, 4.69) is 10.6 Å². The summed E-state index contributed by atoms with van der Waals surface area (Å²) in [5.74, 6) is -0.320. The van der Waals surface area contributed by atoms with Crippen LogP contribution in [-0.4, -0.2) is 37.3 Å². The minimum absolute atomic E-state index is 0.238. The summed E-state index contributed by atoms with van der Waals surface area (Å²) in [6.45, 7) is 3.86. The number of ether oxygens (including phenoxy) is 1. The van der Waals surface area contributed by atoms with E-state index in [1.807, 2.05) is 6.92 Å². The fraction of sp³-hybridized carbons (Fsp3) is 0.400. The number of amides is 2. The largest absolute Gasteiger partial charge is 0.483 e. The second-order valence-electron chi connectivity index (χ2n) is 4.52. The predicted molar refractivity (Wildman–Crippen MR) is 78.2 cm³/mol. The van der Waals surface area contributed by atoms with Gasteiger partial charge in [0.15, 0.2) is 12.9 Å². The molecule has 0 spiro atoms. The van der Waals surface area contributed by atoms with E-state index in [-0.39, 0.29) is 12.5 Å². The van der Waals surface area contributed by atoms with Crippen LogP contribution in [0.4, 0.5) is 0 Å². The standard InChI is InChI=1S/C15H20N2O4/c1-3-8-16-15(20)11(2)17-14(19)10-21-13-7-5-4-6-12(13)9-18/h4-7,9,11H,3,8,10H2,1-2H3,(H,16,20)(H,17,19)/t11-/m1/s1. The van der Waals surface area contributed by atoms with Crippen molar-refractivity contribution in [2.24, 2.45) is 0 Å². The summed E-state index contributed by atoms with van der Waals surface area (Å²) in [6, 6.07) is 5.99. The monoisotopic (exact) mass is 292 g/mol. The van der Waals surface area contributed by atoms with Crippen molar-refractivity contribution < 1.29 is 19.1 Å². The van der Waals surface area contributed by atoms with Crippen molar-refractivity contribution >= 4 is 18.1 Å². The number of benzene rings is 1. The quantitative estimate of drug-likeness (QED) is 0.697. The molecule has 0 saturated heterocycles. The van der Waals surface area contributed by atoms with Gasteiger partial charge in [-0.05, 0) is 25.5 Å². The number of carbonyl (C=O) groups excluding carboxylic acids is 3. The lowest BCUT2D eigenvalue weighted by Crippen LogP contribution is -2.46. The molecule has 0 bridgehead atoms. The van der Waals surface area contributed by atoms with Gasteiger partial charge < -0.3 is 15.4 Å². The van der Waals surface area contributed by atoms with E-state index in [1.165, 1.54) is 0 Å². The molecule has 2 N–H and O–H groups in total. The molecular formula is C15H20N2O4. The first-order chi connectivity index (χ1) is 10.1. The van der Waals surface area contributed by atoms with Gasteiger partial charge in [0, 0.05) is 6.54 Å². The van der Waals surface area contributed by atoms with Crippen molar-refractivity contribution in [3.63, 3.8) is 0 Å². The van der Waals surface area contributed by atoms with Gasteiger partial charge in [0.25, 0.3) is 5.91 Å². The van der Waals surface area contributed by atoms with Crippen LogP contribution in [-0.2, 0) is 9.59 Å². The second-order valence-corrected chi connectivity index (χ2v) is 4.52. The number of nitrogens with one attached hydrogen (secondary N) is 2. The molecule has 0 fully saturated rings. The minimum atomic E-state index is -0.631. The highest BCUT2D eigenvalue weighted by atomic mass is 16.5. The lowest BCUT2D eigenvalue weighted by molar-refractivity contribution is -0.129. The van der Waals surface area contributed by atoms with Crippen LogP contribution < -0.4 is 15.4 Å². The highest BCUT2D eigenvalue weighted by Crippen LogP contribution is 2.15. The Morgan fingerprint density at radius 2 is 2.05 bits per heavy atom. The Morgan fingerprint density at radius 1 is 1.33 bits per heavy atom. The fourth-order valence-electron chi connectivity index (χ4n) is 1.60. The molecule has 0 aliphatic carbocycles. The molecule has 0 aromatic heterocycles. The highest BCUT2D eigenvalue weighted by molar-refractivity contribution is 5.88. The van der Waals surface area contributed by atoms with Gasteiger partial charge >= 0.3 is 0 Å². The molecule has 2 amide bonds. The molecule has 1 aromatic rings.